The second kappa shape index (κ2) is 5.17. The molecule has 0 saturated carbocycles. The summed E-state index contributed by atoms with van der Waals surface area (Å²) in [6, 6.07) is 0. The lowest BCUT2D eigenvalue weighted by Gasteiger charge is -2.16. The second-order valence-corrected chi connectivity index (χ2v) is 5.12. The number of hydrogen-bond donors (Lipinski definition) is 0. The number of hydrogen-bond acceptors (Lipinski definition) is 3. The average molecular weight is 253 g/mol. The Kier molecular flexibility index (Phi) is 3.82. The molecule has 0 aliphatic carbocycles. The minimum absolute atomic E-state index is 0.0807. The zero-order valence-corrected chi connectivity index (χ0v) is 11.5. The molecule has 0 atom stereocenters. The average Bonchev–Trinajstić information content (AvgIpc) is 2.53. The normalized spacial score (nSPS) is 15.6. The molecule has 1 amide bonds. The van der Waals surface area contributed by atoms with E-state index in [1.165, 1.54) is 11.1 Å². The lowest BCUT2D eigenvalue weighted by molar-refractivity contribution is -0.116. The molecular formula is C13H19NO2S. The van der Waals surface area contributed by atoms with Gasteiger partial charge >= 0.3 is 0 Å². The molecule has 17 heavy (non-hydrogen) atoms. The number of fused-ring (bicyclic) bond motifs is 1. The molecule has 0 radical (unpaired) electrons. The molecule has 0 spiro atoms. The minimum atomic E-state index is 0.0807. The monoisotopic (exact) mass is 253 g/mol. The first-order chi connectivity index (χ1) is 8.19. The predicted octanol–water partition coefficient (Wildman–Crippen LogP) is 3.25. The predicted molar refractivity (Wildman–Crippen MR) is 70.8 cm³/mol. The highest BCUT2D eigenvalue weighted by Gasteiger charge is 2.26. The minimum Gasteiger partial charge on any atom is -0.433 e. The zero-order valence-electron chi connectivity index (χ0n) is 10.7. The van der Waals surface area contributed by atoms with Crippen LogP contribution in [0, 0.1) is 0 Å². The van der Waals surface area contributed by atoms with E-state index in [0.717, 1.165) is 43.2 Å². The van der Waals surface area contributed by atoms with Crippen LogP contribution in [0.1, 0.15) is 37.8 Å². The van der Waals surface area contributed by atoms with Crippen molar-refractivity contribution in [2.24, 2.45) is 0 Å². The number of anilines is 1. The van der Waals surface area contributed by atoms with Gasteiger partial charge in [0.25, 0.3) is 0 Å². The third kappa shape index (κ3) is 2.23. The fourth-order valence-corrected chi connectivity index (χ4v) is 3.11. The Labute approximate surface area is 107 Å². The molecule has 2 heterocycles. The summed E-state index contributed by atoms with van der Waals surface area (Å²) in [6.07, 6.45) is 6.22. The van der Waals surface area contributed by atoms with Gasteiger partial charge < -0.3 is 4.42 Å². The lowest BCUT2D eigenvalue weighted by Crippen LogP contribution is -2.28. The van der Waals surface area contributed by atoms with Crippen LogP contribution in [-0.2, 0) is 17.6 Å². The molecule has 3 nitrogen and oxygen atoms in total. The van der Waals surface area contributed by atoms with Gasteiger partial charge in [0.15, 0.2) is 5.09 Å². The van der Waals surface area contributed by atoms with Crippen molar-refractivity contribution >= 4 is 23.6 Å². The maximum atomic E-state index is 11.7. The molecule has 0 aromatic carbocycles. The number of carbonyl (C=O) groups excluding carboxylic acids is 1. The molecule has 0 saturated heterocycles. The molecule has 0 bridgehead atoms. The summed E-state index contributed by atoms with van der Waals surface area (Å²) in [7, 11) is 0. The molecule has 0 N–H and O–H groups in total. The van der Waals surface area contributed by atoms with Crippen molar-refractivity contribution in [2.45, 2.75) is 44.6 Å². The van der Waals surface area contributed by atoms with Gasteiger partial charge in [0.05, 0.1) is 0 Å². The summed E-state index contributed by atoms with van der Waals surface area (Å²) >= 11 is 1.63. The SMILES string of the molecule is CCc1c(SC)oc2c1CCCCN2C(C)=O. The molecule has 1 aromatic rings. The van der Waals surface area contributed by atoms with Crippen LogP contribution < -0.4 is 4.90 Å². The van der Waals surface area contributed by atoms with Gasteiger partial charge in [-0.05, 0) is 31.9 Å². The van der Waals surface area contributed by atoms with Gasteiger partial charge in [-0.25, -0.2) is 0 Å². The summed E-state index contributed by atoms with van der Waals surface area (Å²) in [5, 5.41) is 0.977. The Morgan fingerprint density at radius 3 is 2.82 bits per heavy atom. The maximum absolute atomic E-state index is 11.7. The van der Waals surface area contributed by atoms with Gasteiger partial charge in [0.2, 0.25) is 11.8 Å². The van der Waals surface area contributed by atoms with E-state index in [1.807, 2.05) is 6.26 Å². The first kappa shape index (κ1) is 12.6. The first-order valence-corrected chi connectivity index (χ1v) is 7.38. The van der Waals surface area contributed by atoms with Crippen LogP contribution in [0.25, 0.3) is 0 Å². The molecule has 94 valence electrons. The van der Waals surface area contributed by atoms with Gasteiger partial charge in [-0.1, -0.05) is 18.7 Å². The Hall–Kier alpha value is -0.900. The molecule has 2 rings (SSSR count). The topological polar surface area (TPSA) is 33.5 Å². The van der Waals surface area contributed by atoms with Crippen molar-refractivity contribution < 1.29 is 9.21 Å². The summed E-state index contributed by atoms with van der Waals surface area (Å²) in [6.45, 7) is 4.54. The van der Waals surface area contributed by atoms with E-state index in [1.54, 1.807) is 23.6 Å². The third-order valence-electron chi connectivity index (χ3n) is 3.28. The molecular weight excluding hydrogens is 234 g/mol. The lowest BCUT2D eigenvalue weighted by atomic mass is 10.1. The fraction of sp³-hybridized carbons (Fsp3) is 0.615. The van der Waals surface area contributed by atoms with Crippen molar-refractivity contribution in [1.29, 1.82) is 0 Å². The Balaban J connectivity index is 2.51. The summed E-state index contributed by atoms with van der Waals surface area (Å²) < 4.78 is 5.90. The fourth-order valence-electron chi connectivity index (χ4n) is 2.44. The largest absolute Gasteiger partial charge is 0.433 e. The quantitative estimate of drug-likeness (QED) is 0.759. The number of amides is 1. The second-order valence-electron chi connectivity index (χ2n) is 4.34. The van der Waals surface area contributed by atoms with Crippen LogP contribution in [0.3, 0.4) is 0 Å². The van der Waals surface area contributed by atoms with E-state index in [0.29, 0.717) is 0 Å². The van der Waals surface area contributed by atoms with Crippen molar-refractivity contribution in [1.82, 2.24) is 0 Å². The number of thioether (sulfide) groups is 1. The standard InChI is InChI=1S/C13H19NO2S/c1-4-10-11-7-5-6-8-14(9(2)15)12(11)16-13(10)17-3/h4-8H2,1-3H3. The van der Waals surface area contributed by atoms with E-state index in [9.17, 15) is 4.79 Å². The highest BCUT2D eigenvalue weighted by Crippen LogP contribution is 2.38. The van der Waals surface area contributed by atoms with Crippen LogP contribution in [-0.4, -0.2) is 18.7 Å². The molecule has 0 unspecified atom stereocenters. The Morgan fingerprint density at radius 2 is 2.24 bits per heavy atom. The van der Waals surface area contributed by atoms with Gasteiger partial charge in [-0.2, -0.15) is 0 Å². The van der Waals surface area contributed by atoms with E-state index in [-0.39, 0.29) is 5.91 Å². The zero-order chi connectivity index (χ0) is 12.4. The summed E-state index contributed by atoms with van der Waals surface area (Å²) in [5.74, 6) is 0.883. The highest BCUT2D eigenvalue weighted by atomic mass is 32.2. The molecule has 1 aromatic heterocycles. The van der Waals surface area contributed by atoms with E-state index in [4.69, 9.17) is 4.42 Å². The molecule has 0 fully saturated rings. The van der Waals surface area contributed by atoms with Gasteiger partial charge in [-0.3, -0.25) is 9.69 Å². The number of nitrogens with zero attached hydrogens (tertiary/aromatic N) is 1. The van der Waals surface area contributed by atoms with E-state index >= 15 is 0 Å². The van der Waals surface area contributed by atoms with Crippen LogP contribution in [0.2, 0.25) is 0 Å². The Morgan fingerprint density at radius 1 is 1.47 bits per heavy atom. The number of carbonyl (C=O) groups is 1. The van der Waals surface area contributed by atoms with Crippen LogP contribution in [0.5, 0.6) is 0 Å². The summed E-state index contributed by atoms with van der Waals surface area (Å²) in [5.41, 5.74) is 2.55. The van der Waals surface area contributed by atoms with Crippen LogP contribution in [0.4, 0.5) is 5.88 Å². The molecule has 1 aliphatic heterocycles. The number of rotatable bonds is 2. The van der Waals surface area contributed by atoms with E-state index < -0.39 is 0 Å². The van der Waals surface area contributed by atoms with Crippen molar-refractivity contribution in [3.63, 3.8) is 0 Å². The highest BCUT2D eigenvalue weighted by molar-refractivity contribution is 7.98. The van der Waals surface area contributed by atoms with Crippen molar-refractivity contribution in [3.8, 4) is 0 Å². The van der Waals surface area contributed by atoms with Gasteiger partial charge in [0, 0.05) is 24.6 Å². The van der Waals surface area contributed by atoms with Crippen LogP contribution in [0.15, 0.2) is 9.51 Å². The molecule has 1 aliphatic rings. The number of furan rings is 1. The molecule has 4 heteroatoms. The van der Waals surface area contributed by atoms with Gasteiger partial charge in [-0.15, -0.1) is 0 Å². The van der Waals surface area contributed by atoms with Crippen LogP contribution >= 0.6 is 11.8 Å². The van der Waals surface area contributed by atoms with Crippen molar-refractivity contribution in [3.05, 3.63) is 11.1 Å². The third-order valence-corrected chi connectivity index (χ3v) is 3.98. The van der Waals surface area contributed by atoms with Crippen molar-refractivity contribution in [2.75, 3.05) is 17.7 Å². The maximum Gasteiger partial charge on any atom is 0.226 e. The Bertz CT molecular complexity index is 425. The summed E-state index contributed by atoms with van der Waals surface area (Å²) in [4.78, 5) is 13.5. The van der Waals surface area contributed by atoms with E-state index in [2.05, 4.69) is 6.92 Å². The van der Waals surface area contributed by atoms with Gasteiger partial charge in [0.1, 0.15) is 0 Å². The first-order valence-electron chi connectivity index (χ1n) is 6.15. The smallest absolute Gasteiger partial charge is 0.226 e.